The molecule has 25 heavy (non-hydrogen) atoms. The molecule has 1 heterocycles. The Kier molecular flexibility index (Phi) is 4.69. The molecule has 0 atom stereocenters. The third kappa shape index (κ3) is 3.94. The minimum absolute atomic E-state index is 0.0610. The number of nitrogens with one attached hydrogen (secondary N) is 1. The van der Waals surface area contributed by atoms with Gasteiger partial charge >= 0.3 is 0 Å². The molecular weight excluding hydrogens is 338 g/mol. The number of aromatic nitrogens is 2. The van der Waals surface area contributed by atoms with Crippen LogP contribution in [-0.4, -0.2) is 18.6 Å². The van der Waals surface area contributed by atoms with E-state index in [1.807, 2.05) is 44.2 Å². The molecule has 3 rings (SSSR count). The summed E-state index contributed by atoms with van der Waals surface area (Å²) in [4.78, 5) is 0.247. The maximum atomic E-state index is 12.5. The van der Waals surface area contributed by atoms with E-state index in [9.17, 15) is 8.42 Å². The van der Waals surface area contributed by atoms with Crippen LogP contribution in [0.1, 0.15) is 22.6 Å². The second kappa shape index (κ2) is 6.78. The van der Waals surface area contributed by atoms with Crippen LogP contribution in [0.4, 0.5) is 0 Å². The summed E-state index contributed by atoms with van der Waals surface area (Å²) in [6, 6.07) is 12.9. The van der Waals surface area contributed by atoms with E-state index in [0.717, 1.165) is 16.7 Å². The zero-order valence-corrected chi connectivity index (χ0v) is 15.1. The van der Waals surface area contributed by atoms with E-state index in [1.165, 1.54) is 0 Å². The lowest BCUT2D eigenvalue weighted by Crippen LogP contribution is -2.24. The highest BCUT2D eigenvalue weighted by molar-refractivity contribution is 7.89. The van der Waals surface area contributed by atoms with Gasteiger partial charge in [-0.2, -0.15) is 0 Å². The van der Waals surface area contributed by atoms with Crippen LogP contribution in [0, 0.1) is 20.8 Å². The Morgan fingerprint density at radius 2 is 1.76 bits per heavy atom. The van der Waals surface area contributed by atoms with Crippen LogP contribution < -0.4 is 4.72 Å². The molecule has 0 aliphatic heterocycles. The van der Waals surface area contributed by atoms with Crippen molar-refractivity contribution in [2.75, 3.05) is 0 Å². The highest BCUT2D eigenvalue weighted by Gasteiger charge is 2.18. The Morgan fingerprint density at radius 3 is 2.48 bits per heavy atom. The van der Waals surface area contributed by atoms with Gasteiger partial charge in [-0.15, -0.1) is 10.2 Å². The molecule has 0 spiro atoms. The second-order valence-corrected chi connectivity index (χ2v) is 7.70. The molecule has 3 aromatic rings. The normalized spacial score (nSPS) is 11.6. The first-order chi connectivity index (χ1) is 11.8. The lowest BCUT2D eigenvalue weighted by Gasteiger charge is -2.08. The number of rotatable bonds is 5. The van der Waals surface area contributed by atoms with Crippen LogP contribution in [0.3, 0.4) is 0 Å². The molecule has 0 aliphatic carbocycles. The molecule has 0 amide bonds. The first-order valence-electron chi connectivity index (χ1n) is 7.81. The number of nitrogens with zero attached hydrogens (tertiary/aromatic N) is 2. The Bertz CT molecular complexity index is 1010. The third-order valence-electron chi connectivity index (χ3n) is 3.77. The SMILES string of the molecule is Cc1cccc(-c2nnc(CNS(=O)(=O)c3ccc(C)cc3C)o2)c1. The van der Waals surface area contributed by atoms with Gasteiger partial charge in [-0.05, 0) is 44.5 Å². The molecule has 0 radical (unpaired) electrons. The van der Waals surface area contributed by atoms with Crippen molar-refractivity contribution in [2.45, 2.75) is 32.2 Å². The van der Waals surface area contributed by atoms with E-state index in [-0.39, 0.29) is 17.3 Å². The monoisotopic (exact) mass is 357 g/mol. The summed E-state index contributed by atoms with van der Waals surface area (Å²) in [5.41, 5.74) is 3.58. The third-order valence-corrected chi connectivity index (χ3v) is 5.33. The van der Waals surface area contributed by atoms with E-state index < -0.39 is 10.0 Å². The van der Waals surface area contributed by atoms with Crippen molar-refractivity contribution in [1.82, 2.24) is 14.9 Å². The van der Waals surface area contributed by atoms with Gasteiger partial charge in [0.2, 0.25) is 21.8 Å². The largest absolute Gasteiger partial charge is 0.419 e. The number of hydrogen-bond acceptors (Lipinski definition) is 5. The highest BCUT2D eigenvalue weighted by Crippen LogP contribution is 2.20. The molecular formula is C18H19N3O3S. The smallest absolute Gasteiger partial charge is 0.247 e. The molecule has 0 saturated heterocycles. The van der Waals surface area contributed by atoms with Gasteiger partial charge in [-0.25, -0.2) is 13.1 Å². The average molecular weight is 357 g/mol. The molecule has 1 aromatic heterocycles. The first-order valence-corrected chi connectivity index (χ1v) is 9.30. The van der Waals surface area contributed by atoms with Gasteiger partial charge in [0.25, 0.3) is 0 Å². The number of hydrogen-bond donors (Lipinski definition) is 1. The van der Waals surface area contributed by atoms with Crippen LogP contribution in [0.5, 0.6) is 0 Å². The van der Waals surface area contributed by atoms with Crippen molar-refractivity contribution in [2.24, 2.45) is 0 Å². The van der Waals surface area contributed by atoms with Crippen molar-refractivity contribution in [3.63, 3.8) is 0 Å². The van der Waals surface area contributed by atoms with Gasteiger partial charge in [-0.1, -0.05) is 35.4 Å². The summed E-state index contributed by atoms with van der Waals surface area (Å²) >= 11 is 0. The zero-order valence-electron chi connectivity index (χ0n) is 14.3. The van der Waals surface area contributed by atoms with E-state index in [1.54, 1.807) is 19.1 Å². The fourth-order valence-electron chi connectivity index (χ4n) is 2.56. The Morgan fingerprint density at radius 1 is 1.00 bits per heavy atom. The van der Waals surface area contributed by atoms with E-state index in [0.29, 0.717) is 11.5 Å². The van der Waals surface area contributed by atoms with Crippen molar-refractivity contribution in [1.29, 1.82) is 0 Å². The molecule has 0 unspecified atom stereocenters. The van der Waals surface area contributed by atoms with E-state index >= 15 is 0 Å². The standard InChI is InChI=1S/C18H19N3O3S/c1-12-5-4-6-15(10-12)18-21-20-17(24-18)11-19-25(22,23)16-8-7-13(2)9-14(16)3/h4-10,19H,11H2,1-3H3. The second-order valence-electron chi connectivity index (χ2n) is 5.96. The maximum Gasteiger partial charge on any atom is 0.247 e. The Labute approximate surface area is 147 Å². The molecule has 0 saturated carbocycles. The van der Waals surface area contributed by atoms with Crippen molar-refractivity contribution in [3.05, 3.63) is 65.0 Å². The highest BCUT2D eigenvalue weighted by atomic mass is 32.2. The zero-order chi connectivity index (χ0) is 18.0. The number of benzene rings is 2. The summed E-state index contributed by atoms with van der Waals surface area (Å²) in [5, 5.41) is 7.89. The lowest BCUT2D eigenvalue weighted by atomic mass is 10.1. The van der Waals surface area contributed by atoms with Gasteiger partial charge in [0.15, 0.2) is 0 Å². The molecule has 7 heteroatoms. The van der Waals surface area contributed by atoms with Crippen LogP contribution in [-0.2, 0) is 16.6 Å². The van der Waals surface area contributed by atoms with Crippen LogP contribution >= 0.6 is 0 Å². The average Bonchev–Trinajstić information content (AvgIpc) is 3.02. The summed E-state index contributed by atoms with van der Waals surface area (Å²) in [5.74, 6) is 0.578. The van der Waals surface area contributed by atoms with Crippen LogP contribution in [0.25, 0.3) is 11.5 Å². The van der Waals surface area contributed by atoms with Gasteiger partial charge in [0.1, 0.15) is 0 Å². The maximum absolute atomic E-state index is 12.5. The fraction of sp³-hybridized carbons (Fsp3) is 0.222. The molecule has 2 aromatic carbocycles. The summed E-state index contributed by atoms with van der Waals surface area (Å²) in [7, 11) is -3.65. The minimum atomic E-state index is -3.65. The first kappa shape index (κ1) is 17.3. The van der Waals surface area contributed by atoms with Crippen molar-refractivity contribution < 1.29 is 12.8 Å². The van der Waals surface area contributed by atoms with Crippen molar-refractivity contribution in [3.8, 4) is 11.5 Å². The lowest BCUT2D eigenvalue weighted by molar-refractivity contribution is 0.494. The Balaban J connectivity index is 1.75. The molecule has 6 nitrogen and oxygen atoms in total. The Hall–Kier alpha value is -2.51. The minimum Gasteiger partial charge on any atom is -0.419 e. The molecule has 0 fully saturated rings. The van der Waals surface area contributed by atoms with Gasteiger partial charge in [0, 0.05) is 5.56 Å². The molecule has 1 N–H and O–H groups in total. The topological polar surface area (TPSA) is 85.1 Å². The van der Waals surface area contributed by atoms with Gasteiger partial charge < -0.3 is 4.42 Å². The predicted octanol–water partition coefficient (Wildman–Crippen LogP) is 3.14. The predicted molar refractivity (Wildman–Crippen MR) is 94.4 cm³/mol. The quantitative estimate of drug-likeness (QED) is 0.758. The van der Waals surface area contributed by atoms with Gasteiger partial charge in [-0.3, -0.25) is 0 Å². The molecule has 130 valence electrons. The fourth-order valence-corrected chi connectivity index (χ4v) is 3.75. The summed E-state index contributed by atoms with van der Waals surface area (Å²) < 4.78 is 33.0. The number of sulfonamides is 1. The molecule has 0 aliphatic rings. The van der Waals surface area contributed by atoms with E-state index in [4.69, 9.17) is 4.42 Å². The van der Waals surface area contributed by atoms with Crippen LogP contribution in [0.15, 0.2) is 51.8 Å². The molecule has 0 bridgehead atoms. The van der Waals surface area contributed by atoms with Crippen LogP contribution in [0.2, 0.25) is 0 Å². The van der Waals surface area contributed by atoms with E-state index in [2.05, 4.69) is 14.9 Å². The summed E-state index contributed by atoms with van der Waals surface area (Å²) in [6.45, 7) is 5.60. The number of aryl methyl sites for hydroxylation is 3. The van der Waals surface area contributed by atoms with Crippen molar-refractivity contribution >= 4 is 10.0 Å². The van der Waals surface area contributed by atoms with Gasteiger partial charge in [0.05, 0.1) is 11.4 Å². The summed E-state index contributed by atoms with van der Waals surface area (Å²) in [6.07, 6.45) is 0.